The Morgan fingerprint density at radius 1 is 1.18 bits per heavy atom. The maximum atomic E-state index is 13.2. The lowest BCUT2D eigenvalue weighted by atomic mass is 9.75. The van der Waals surface area contributed by atoms with Crippen molar-refractivity contribution in [3.05, 3.63) is 47.0 Å². The zero-order valence-corrected chi connectivity index (χ0v) is 19.8. The van der Waals surface area contributed by atoms with Gasteiger partial charge in [-0.15, -0.1) is 13.2 Å². The van der Waals surface area contributed by atoms with Gasteiger partial charge in [0.1, 0.15) is 5.75 Å². The summed E-state index contributed by atoms with van der Waals surface area (Å²) < 4.78 is 44.0. The fraction of sp³-hybridized carbons (Fsp3) is 0.462. The molecule has 1 heterocycles. The molecular formula is C26H28F3NO4. The van der Waals surface area contributed by atoms with Crippen molar-refractivity contribution >= 4 is 17.6 Å². The number of nitrogens with zero attached hydrogens (tertiary/aromatic N) is 1. The van der Waals surface area contributed by atoms with Gasteiger partial charge in [0, 0.05) is 29.1 Å². The number of halogens is 3. The molecule has 0 spiro atoms. The van der Waals surface area contributed by atoms with E-state index in [-0.39, 0.29) is 29.2 Å². The first-order valence-electron chi connectivity index (χ1n) is 11.3. The van der Waals surface area contributed by atoms with E-state index in [0.29, 0.717) is 29.7 Å². The summed E-state index contributed by atoms with van der Waals surface area (Å²) >= 11 is 0. The summed E-state index contributed by atoms with van der Waals surface area (Å²) in [7, 11) is 0. The Hall–Kier alpha value is -3.03. The summed E-state index contributed by atoms with van der Waals surface area (Å²) in [6.07, 6.45) is -4.10. The molecule has 1 aliphatic heterocycles. The predicted octanol–water partition coefficient (Wildman–Crippen LogP) is 6.17. The van der Waals surface area contributed by atoms with Gasteiger partial charge in [-0.1, -0.05) is 26.0 Å². The molecule has 4 rings (SSSR count). The van der Waals surface area contributed by atoms with Crippen molar-refractivity contribution in [2.24, 2.45) is 5.92 Å². The third kappa shape index (κ3) is 4.38. The number of carboxylic acid groups (broad SMARTS) is 1. The van der Waals surface area contributed by atoms with Crippen molar-refractivity contribution in [2.45, 2.75) is 71.2 Å². The van der Waals surface area contributed by atoms with Gasteiger partial charge >= 0.3 is 12.3 Å². The van der Waals surface area contributed by atoms with Crippen molar-refractivity contribution in [3.63, 3.8) is 0 Å². The van der Waals surface area contributed by atoms with E-state index in [1.54, 1.807) is 17.0 Å². The number of rotatable bonds is 5. The average Bonchev–Trinajstić information content (AvgIpc) is 3.48. The molecule has 1 amide bonds. The second-order valence-corrected chi connectivity index (χ2v) is 10.2. The molecule has 8 heteroatoms. The summed E-state index contributed by atoms with van der Waals surface area (Å²) in [4.78, 5) is 26.0. The Bertz CT molecular complexity index is 1170. The van der Waals surface area contributed by atoms with Crippen LogP contribution in [-0.2, 0) is 15.0 Å². The lowest BCUT2D eigenvalue weighted by molar-refractivity contribution is -0.274. The maximum absolute atomic E-state index is 13.2. The number of carboxylic acids is 1. The third-order valence-electron chi connectivity index (χ3n) is 6.76. The summed E-state index contributed by atoms with van der Waals surface area (Å²) in [6, 6.07) is 7.93. The van der Waals surface area contributed by atoms with Gasteiger partial charge in [-0.05, 0) is 73.6 Å². The number of hydrogen-bond acceptors (Lipinski definition) is 3. The van der Waals surface area contributed by atoms with Crippen molar-refractivity contribution in [1.82, 2.24) is 0 Å². The Morgan fingerprint density at radius 3 is 2.41 bits per heavy atom. The van der Waals surface area contributed by atoms with Crippen molar-refractivity contribution in [2.75, 3.05) is 4.90 Å². The number of anilines is 1. The zero-order chi connectivity index (χ0) is 25.2. The Labute approximate surface area is 196 Å². The number of carbonyl (C=O) groups is 2. The van der Waals surface area contributed by atoms with E-state index in [1.165, 1.54) is 12.1 Å². The standard InChI is InChI=1S/C26H28F3NO4/c1-13(2)30-21-11-16(14(3)8-20(21)25(4,5)12-23(30)31)18-9-15(17-10-19(17)24(32)33)6-7-22(18)34-26(27,28)29/h6-9,11,13,17,19H,10,12H2,1-5H3,(H,32,33)/t17-,19+/m1/s1. The molecule has 2 atom stereocenters. The molecule has 0 saturated heterocycles. The summed E-state index contributed by atoms with van der Waals surface area (Å²) in [5.74, 6) is -2.10. The number of aryl methyl sites for hydroxylation is 1. The molecule has 1 N–H and O–H groups in total. The lowest BCUT2D eigenvalue weighted by Gasteiger charge is -2.41. The van der Waals surface area contributed by atoms with E-state index in [4.69, 9.17) is 0 Å². The van der Waals surface area contributed by atoms with E-state index in [1.807, 2.05) is 40.7 Å². The molecule has 34 heavy (non-hydrogen) atoms. The number of alkyl halides is 3. The Balaban J connectivity index is 1.91. The van der Waals surface area contributed by atoms with Gasteiger partial charge in [0.05, 0.1) is 5.92 Å². The van der Waals surface area contributed by atoms with Crippen molar-refractivity contribution < 1.29 is 32.6 Å². The summed E-state index contributed by atoms with van der Waals surface area (Å²) in [6.45, 7) is 9.59. The van der Waals surface area contributed by atoms with Gasteiger partial charge in [0.25, 0.3) is 0 Å². The van der Waals surface area contributed by atoms with E-state index >= 15 is 0 Å². The quantitative estimate of drug-likeness (QED) is 0.562. The van der Waals surface area contributed by atoms with Crippen LogP contribution in [0, 0.1) is 12.8 Å². The molecule has 2 aromatic carbocycles. The van der Waals surface area contributed by atoms with Crippen molar-refractivity contribution in [3.8, 4) is 16.9 Å². The minimum absolute atomic E-state index is 0.0369. The topological polar surface area (TPSA) is 66.8 Å². The molecule has 182 valence electrons. The fourth-order valence-corrected chi connectivity index (χ4v) is 5.03. The highest BCUT2D eigenvalue weighted by molar-refractivity contribution is 5.99. The highest BCUT2D eigenvalue weighted by atomic mass is 19.4. The fourth-order valence-electron chi connectivity index (χ4n) is 5.03. The van der Waals surface area contributed by atoms with Crippen LogP contribution in [-0.4, -0.2) is 29.4 Å². The van der Waals surface area contributed by atoms with Gasteiger partial charge < -0.3 is 14.7 Å². The van der Waals surface area contributed by atoms with Gasteiger partial charge in [0.15, 0.2) is 0 Å². The van der Waals surface area contributed by atoms with E-state index in [2.05, 4.69) is 4.74 Å². The van der Waals surface area contributed by atoms with Gasteiger partial charge in [0.2, 0.25) is 5.91 Å². The Kier molecular flexibility index (Phi) is 5.69. The van der Waals surface area contributed by atoms with Crippen LogP contribution in [0.25, 0.3) is 11.1 Å². The first-order chi connectivity index (χ1) is 15.7. The maximum Gasteiger partial charge on any atom is 0.573 e. The van der Waals surface area contributed by atoms with Gasteiger partial charge in [-0.2, -0.15) is 0 Å². The molecule has 1 saturated carbocycles. The number of hydrogen-bond donors (Lipinski definition) is 1. The first kappa shape index (κ1) is 24.1. The number of fused-ring (bicyclic) bond motifs is 1. The summed E-state index contributed by atoms with van der Waals surface area (Å²) in [5, 5.41) is 9.30. The molecule has 0 unspecified atom stereocenters. The summed E-state index contributed by atoms with van der Waals surface area (Å²) in [5.41, 5.74) is 3.37. The molecular weight excluding hydrogens is 447 g/mol. The van der Waals surface area contributed by atoms with Crippen LogP contribution < -0.4 is 9.64 Å². The molecule has 1 fully saturated rings. The van der Waals surface area contributed by atoms with Crippen LogP contribution in [0.4, 0.5) is 18.9 Å². The monoisotopic (exact) mass is 475 g/mol. The van der Waals surface area contributed by atoms with Crippen LogP contribution in [0.15, 0.2) is 30.3 Å². The van der Waals surface area contributed by atoms with E-state index < -0.39 is 23.7 Å². The molecule has 0 bridgehead atoms. The molecule has 0 aromatic heterocycles. The number of benzene rings is 2. The van der Waals surface area contributed by atoms with E-state index in [9.17, 15) is 27.9 Å². The largest absolute Gasteiger partial charge is 0.573 e. The first-order valence-corrected chi connectivity index (χ1v) is 11.3. The van der Waals surface area contributed by atoms with E-state index in [0.717, 1.165) is 11.1 Å². The molecule has 5 nitrogen and oxygen atoms in total. The number of aliphatic carboxylic acids is 1. The lowest BCUT2D eigenvalue weighted by Crippen LogP contribution is -2.45. The second-order valence-electron chi connectivity index (χ2n) is 10.2. The zero-order valence-electron chi connectivity index (χ0n) is 19.8. The normalized spacial score (nSPS) is 21.4. The van der Waals surface area contributed by atoms with Crippen LogP contribution in [0.3, 0.4) is 0 Å². The number of ether oxygens (including phenoxy) is 1. The third-order valence-corrected chi connectivity index (χ3v) is 6.76. The highest BCUT2D eigenvalue weighted by Gasteiger charge is 2.45. The van der Waals surface area contributed by atoms with Gasteiger partial charge in [-0.3, -0.25) is 9.59 Å². The molecule has 2 aliphatic rings. The average molecular weight is 476 g/mol. The molecule has 0 radical (unpaired) electrons. The molecule has 2 aromatic rings. The molecule has 1 aliphatic carbocycles. The minimum atomic E-state index is -4.89. The Morgan fingerprint density at radius 2 is 1.85 bits per heavy atom. The van der Waals surface area contributed by atoms with Crippen LogP contribution in [0.5, 0.6) is 5.75 Å². The predicted molar refractivity (Wildman–Crippen MR) is 122 cm³/mol. The van der Waals surface area contributed by atoms with Crippen molar-refractivity contribution in [1.29, 1.82) is 0 Å². The van der Waals surface area contributed by atoms with Crippen LogP contribution >= 0.6 is 0 Å². The van der Waals surface area contributed by atoms with Crippen LogP contribution in [0.1, 0.15) is 63.1 Å². The number of carbonyl (C=O) groups excluding carboxylic acids is 1. The smallest absolute Gasteiger partial charge is 0.481 e. The highest BCUT2D eigenvalue weighted by Crippen LogP contribution is 2.51. The second kappa shape index (κ2) is 8.03. The SMILES string of the molecule is Cc1cc2c(cc1-c1cc([C@H]3C[C@@H]3C(=O)O)ccc1OC(F)(F)F)N(C(C)C)C(=O)CC2(C)C. The minimum Gasteiger partial charge on any atom is -0.481 e. The van der Waals surface area contributed by atoms with Gasteiger partial charge in [-0.25, -0.2) is 0 Å². The van der Waals surface area contributed by atoms with Crippen LogP contribution in [0.2, 0.25) is 0 Å². The number of amides is 1.